The van der Waals surface area contributed by atoms with E-state index < -0.39 is 0 Å². The van der Waals surface area contributed by atoms with Gasteiger partial charge in [0.25, 0.3) is 0 Å². The highest BCUT2D eigenvalue weighted by atomic mass is 32.1. The first-order valence-corrected chi connectivity index (χ1v) is 13.2. The molecular formula is C25H32FN7OS. The van der Waals surface area contributed by atoms with E-state index in [1.807, 2.05) is 41.2 Å². The molecule has 2 saturated heterocycles. The van der Waals surface area contributed by atoms with Gasteiger partial charge in [-0.3, -0.25) is 14.3 Å². The molecule has 0 bridgehead atoms. The fourth-order valence-electron chi connectivity index (χ4n) is 4.81. The largest absolute Gasteiger partial charge is 0.369 e. The summed E-state index contributed by atoms with van der Waals surface area (Å²) in [5, 5.41) is 13.5. The van der Waals surface area contributed by atoms with Gasteiger partial charge in [0.1, 0.15) is 5.82 Å². The summed E-state index contributed by atoms with van der Waals surface area (Å²) in [6, 6.07) is 10.7. The maximum Gasteiger partial charge on any atom is 0.224 e. The number of benzene rings is 1. The first-order chi connectivity index (χ1) is 17.2. The third-order valence-electron chi connectivity index (χ3n) is 6.81. The van der Waals surface area contributed by atoms with Crippen molar-refractivity contribution in [2.45, 2.75) is 19.3 Å². The third-order valence-corrected chi connectivity index (χ3v) is 7.80. The number of piperazine rings is 1. The van der Waals surface area contributed by atoms with E-state index in [2.05, 4.69) is 30.2 Å². The molecule has 8 nitrogen and oxygen atoms in total. The molecule has 5 rings (SSSR count). The van der Waals surface area contributed by atoms with E-state index in [1.165, 1.54) is 12.1 Å². The number of hydrogen-bond donors (Lipinski definition) is 1. The number of hydrogen-bond acceptors (Lipinski definition) is 7. The quantitative estimate of drug-likeness (QED) is 0.483. The average molecular weight is 498 g/mol. The zero-order chi connectivity index (χ0) is 24.0. The van der Waals surface area contributed by atoms with E-state index in [9.17, 15) is 9.18 Å². The van der Waals surface area contributed by atoms with Crippen molar-refractivity contribution < 1.29 is 9.18 Å². The second-order valence-electron chi connectivity index (χ2n) is 9.19. The molecule has 186 valence electrons. The first-order valence-electron chi connectivity index (χ1n) is 12.4. The summed E-state index contributed by atoms with van der Waals surface area (Å²) in [5.74, 6) is -0.0644. The number of amides is 1. The van der Waals surface area contributed by atoms with Crippen LogP contribution in [0.1, 0.15) is 19.3 Å². The number of nitrogens with one attached hydrogen (secondary N) is 1. The highest BCUT2D eigenvalue weighted by Gasteiger charge is 2.27. The van der Waals surface area contributed by atoms with Crippen molar-refractivity contribution in [2.75, 3.05) is 62.2 Å². The smallest absolute Gasteiger partial charge is 0.224 e. The van der Waals surface area contributed by atoms with E-state index in [1.54, 1.807) is 11.3 Å². The first kappa shape index (κ1) is 23.7. The van der Waals surface area contributed by atoms with Crippen LogP contribution in [0.3, 0.4) is 0 Å². The van der Waals surface area contributed by atoms with Gasteiger partial charge >= 0.3 is 0 Å². The lowest BCUT2D eigenvalue weighted by Crippen LogP contribution is -2.47. The second kappa shape index (κ2) is 11.2. The molecule has 2 aliphatic heterocycles. The van der Waals surface area contributed by atoms with Gasteiger partial charge in [-0.2, -0.15) is 0 Å². The van der Waals surface area contributed by atoms with Crippen molar-refractivity contribution in [1.82, 2.24) is 25.0 Å². The standard InChI is InChI=1S/C25H32FN7OS/c26-21-6-8-22(9-7-21)31-17-15-30(16-18-31)11-4-10-27-23(34)20-5-3-14-33(19-20)25-29-28-24(35-25)32-12-1-2-13-32/h1-2,6-9,12-13,20H,3-5,10-11,14-19H2,(H,27,34)/t20-/m0/s1. The Hall–Kier alpha value is -2.98. The van der Waals surface area contributed by atoms with Crippen LogP contribution in [0.25, 0.3) is 5.13 Å². The second-order valence-corrected chi connectivity index (χ2v) is 10.1. The molecule has 2 aliphatic rings. The minimum Gasteiger partial charge on any atom is -0.369 e. The van der Waals surface area contributed by atoms with Gasteiger partial charge in [0.15, 0.2) is 0 Å². The molecule has 2 aromatic heterocycles. The number of halogens is 1. The molecule has 2 fully saturated rings. The van der Waals surface area contributed by atoms with Crippen LogP contribution in [0, 0.1) is 11.7 Å². The van der Waals surface area contributed by atoms with Crippen LogP contribution in [-0.2, 0) is 4.79 Å². The van der Waals surface area contributed by atoms with Crippen LogP contribution in [0.4, 0.5) is 15.2 Å². The normalized spacial score (nSPS) is 19.2. The molecular weight excluding hydrogens is 465 g/mol. The van der Waals surface area contributed by atoms with Gasteiger partial charge < -0.3 is 15.1 Å². The monoisotopic (exact) mass is 497 g/mol. The number of nitrogens with zero attached hydrogens (tertiary/aromatic N) is 6. The molecule has 0 saturated carbocycles. The number of anilines is 2. The highest BCUT2D eigenvalue weighted by molar-refractivity contribution is 7.17. The molecule has 35 heavy (non-hydrogen) atoms. The van der Waals surface area contributed by atoms with Crippen LogP contribution in [-0.4, -0.2) is 77.9 Å². The molecule has 1 atom stereocenters. The lowest BCUT2D eigenvalue weighted by atomic mass is 9.97. The van der Waals surface area contributed by atoms with Crippen molar-refractivity contribution in [1.29, 1.82) is 0 Å². The summed E-state index contributed by atoms with van der Waals surface area (Å²) >= 11 is 1.56. The summed E-state index contributed by atoms with van der Waals surface area (Å²) < 4.78 is 15.1. The Kier molecular flexibility index (Phi) is 7.58. The lowest BCUT2D eigenvalue weighted by molar-refractivity contribution is -0.125. The Morgan fingerprint density at radius 3 is 2.51 bits per heavy atom. The molecule has 0 aliphatic carbocycles. The summed E-state index contributed by atoms with van der Waals surface area (Å²) in [6.07, 6.45) is 6.76. The topological polar surface area (TPSA) is 69.5 Å². The predicted molar refractivity (Wildman–Crippen MR) is 137 cm³/mol. The minimum absolute atomic E-state index is 0.0121. The summed E-state index contributed by atoms with van der Waals surface area (Å²) in [7, 11) is 0. The molecule has 0 spiro atoms. The van der Waals surface area contributed by atoms with Crippen molar-refractivity contribution in [2.24, 2.45) is 5.92 Å². The zero-order valence-electron chi connectivity index (χ0n) is 19.9. The fourth-order valence-corrected chi connectivity index (χ4v) is 5.66. The Morgan fingerprint density at radius 1 is 1.00 bits per heavy atom. The molecule has 0 unspecified atom stereocenters. The Labute approximate surface area is 209 Å². The number of carbonyl (C=O) groups is 1. The summed E-state index contributed by atoms with van der Waals surface area (Å²) in [5.41, 5.74) is 1.08. The van der Waals surface area contributed by atoms with Crippen LogP contribution in [0.2, 0.25) is 0 Å². The number of aromatic nitrogens is 3. The predicted octanol–water partition coefficient (Wildman–Crippen LogP) is 3.01. The van der Waals surface area contributed by atoms with Gasteiger partial charge in [-0.25, -0.2) is 4.39 Å². The zero-order valence-corrected chi connectivity index (χ0v) is 20.7. The van der Waals surface area contributed by atoms with E-state index in [4.69, 9.17) is 0 Å². The Morgan fingerprint density at radius 2 is 1.74 bits per heavy atom. The minimum atomic E-state index is -0.197. The fraction of sp³-hybridized carbons (Fsp3) is 0.480. The van der Waals surface area contributed by atoms with Gasteiger partial charge in [-0.05, 0) is 62.2 Å². The van der Waals surface area contributed by atoms with Crippen molar-refractivity contribution >= 4 is 28.1 Å². The third kappa shape index (κ3) is 5.99. The molecule has 4 heterocycles. The molecule has 10 heteroatoms. The van der Waals surface area contributed by atoms with Crippen LogP contribution in [0.5, 0.6) is 0 Å². The van der Waals surface area contributed by atoms with Crippen LogP contribution in [0.15, 0.2) is 48.8 Å². The Balaban J connectivity index is 1.02. The van der Waals surface area contributed by atoms with Gasteiger partial charge in [0.2, 0.25) is 16.2 Å². The molecule has 1 amide bonds. The van der Waals surface area contributed by atoms with Crippen molar-refractivity contribution in [3.8, 4) is 5.13 Å². The van der Waals surface area contributed by atoms with Crippen molar-refractivity contribution in [3.05, 3.63) is 54.6 Å². The SMILES string of the molecule is O=C(NCCCN1CCN(c2ccc(F)cc2)CC1)[C@H]1CCCN(c2nnc(-n3cccc3)s2)C1. The van der Waals surface area contributed by atoms with Crippen LogP contribution >= 0.6 is 11.3 Å². The average Bonchev–Trinajstić information content (AvgIpc) is 3.60. The highest BCUT2D eigenvalue weighted by Crippen LogP contribution is 2.28. The van der Waals surface area contributed by atoms with E-state index >= 15 is 0 Å². The van der Waals surface area contributed by atoms with E-state index in [0.717, 1.165) is 74.5 Å². The number of carbonyl (C=O) groups excluding carboxylic acids is 1. The van der Waals surface area contributed by atoms with E-state index in [0.29, 0.717) is 13.1 Å². The molecule has 0 radical (unpaired) electrons. The maximum absolute atomic E-state index is 13.1. The van der Waals surface area contributed by atoms with Crippen LogP contribution < -0.4 is 15.1 Å². The summed E-state index contributed by atoms with van der Waals surface area (Å²) in [6.45, 7) is 7.11. The van der Waals surface area contributed by atoms with E-state index in [-0.39, 0.29) is 17.6 Å². The Bertz CT molecular complexity index is 1080. The van der Waals surface area contributed by atoms with Gasteiger partial charge in [-0.15, -0.1) is 10.2 Å². The molecule has 3 aromatic rings. The summed E-state index contributed by atoms with van der Waals surface area (Å²) in [4.78, 5) is 19.7. The molecule has 1 aromatic carbocycles. The van der Waals surface area contributed by atoms with Gasteiger partial charge in [0.05, 0.1) is 5.92 Å². The maximum atomic E-state index is 13.1. The lowest BCUT2D eigenvalue weighted by Gasteiger charge is -2.36. The number of piperidine rings is 1. The number of rotatable bonds is 8. The van der Waals surface area contributed by atoms with Crippen molar-refractivity contribution in [3.63, 3.8) is 0 Å². The van der Waals surface area contributed by atoms with Gasteiger partial charge in [-0.1, -0.05) is 11.3 Å². The molecule has 1 N–H and O–H groups in total. The van der Waals surface area contributed by atoms with Gasteiger partial charge in [0, 0.05) is 63.9 Å².